The predicted molar refractivity (Wildman–Crippen MR) is 57.8 cm³/mol. The SMILES string of the molecule is CC[C@H](C)[C@H](C)N[C@H](C)CCCO. The minimum atomic E-state index is 0.309. The third kappa shape index (κ3) is 6.05. The first kappa shape index (κ1) is 12.9. The standard InChI is InChI=1S/C11H25NO/c1-5-9(2)11(4)12-10(3)7-6-8-13/h9-13H,5-8H2,1-4H3/t9-,10+,11-/m0/s1. The van der Waals surface area contributed by atoms with E-state index in [1.807, 2.05) is 0 Å². The highest BCUT2D eigenvalue weighted by Crippen LogP contribution is 2.08. The number of hydrogen-bond acceptors (Lipinski definition) is 2. The molecule has 0 fully saturated rings. The van der Waals surface area contributed by atoms with Crippen LogP contribution in [0, 0.1) is 5.92 Å². The summed E-state index contributed by atoms with van der Waals surface area (Å²) < 4.78 is 0. The summed E-state index contributed by atoms with van der Waals surface area (Å²) in [7, 11) is 0. The summed E-state index contributed by atoms with van der Waals surface area (Å²) in [6, 6.07) is 1.11. The van der Waals surface area contributed by atoms with Crippen molar-refractivity contribution in [2.24, 2.45) is 5.92 Å². The zero-order valence-electron chi connectivity index (χ0n) is 9.51. The maximum Gasteiger partial charge on any atom is 0.0431 e. The molecular weight excluding hydrogens is 162 g/mol. The summed E-state index contributed by atoms with van der Waals surface area (Å²) in [5, 5.41) is 12.2. The molecule has 2 nitrogen and oxygen atoms in total. The van der Waals surface area contributed by atoms with Crippen LogP contribution in [0.15, 0.2) is 0 Å². The summed E-state index contributed by atoms with van der Waals surface area (Å²) in [6.45, 7) is 9.24. The highest BCUT2D eigenvalue weighted by Gasteiger charge is 2.12. The number of rotatable bonds is 7. The highest BCUT2D eigenvalue weighted by molar-refractivity contribution is 4.71. The fourth-order valence-electron chi connectivity index (χ4n) is 1.45. The summed E-state index contributed by atoms with van der Waals surface area (Å²) in [5.74, 6) is 0.733. The van der Waals surface area contributed by atoms with Crippen LogP contribution < -0.4 is 5.32 Å². The van der Waals surface area contributed by atoms with Crippen LogP contribution in [0.5, 0.6) is 0 Å². The van der Waals surface area contributed by atoms with Crippen LogP contribution in [0.25, 0.3) is 0 Å². The van der Waals surface area contributed by atoms with Gasteiger partial charge < -0.3 is 10.4 Å². The van der Waals surface area contributed by atoms with Gasteiger partial charge in [-0.2, -0.15) is 0 Å². The molecule has 0 saturated carbocycles. The lowest BCUT2D eigenvalue weighted by molar-refractivity contribution is 0.268. The van der Waals surface area contributed by atoms with Gasteiger partial charge in [-0.25, -0.2) is 0 Å². The molecule has 0 amide bonds. The van der Waals surface area contributed by atoms with Crippen molar-refractivity contribution < 1.29 is 5.11 Å². The zero-order valence-corrected chi connectivity index (χ0v) is 9.51. The molecule has 0 saturated heterocycles. The number of aliphatic hydroxyl groups excluding tert-OH is 1. The van der Waals surface area contributed by atoms with E-state index in [2.05, 4.69) is 33.0 Å². The van der Waals surface area contributed by atoms with Crippen molar-refractivity contribution in [3.63, 3.8) is 0 Å². The van der Waals surface area contributed by atoms with Gasteiger partial charge in [-0.1, -0.05) is 20.3 Å². The molecule has 0 heterocycles. The van der Waals surface area contributed by atoms with Crippen molar-refractivity contribution >= 4 is 0 Å². The Kier molecular flexibility index (Phi) is 7.29. The maximum atomic E-state index is 8.68. The summed E-state index contributed by atoms with van der Waals surface area (Å²) in [6.07, 6.45) is 3.19. The van der Waals surface area contributed by atoms with E-state index in [4.69, 9.17) is 5.11 Å². The van der Waals surface area contributed by atoms with E-state index in [1.165, 1.54) is 6.42 Å². The monoisotopic (exact) mass is 187 g/mol. The molecule has 0 bridgehead atoms. The van der Waals surface area contributed by atoms with Gasteiger partial charge >= 0.3 is 0 Å². The van der Waals surface area contributed by atoms with E-state index < -0.39 is 0 Å². The van der Waals surface area contributed by atoms with Crippen LogP contribution in [0.3, 0.4) is 0 Å². The second-order valence-electron chi connectivity index (χ2n) is 4.11. The molecule has 0 unspecified atom stereocenters. The lowest BCUT2D eigenvalue weighted by atomic mass is 9.99. The smallest absolute Gasteiger partial charge is 0.0431 e. The van der Waals surface area contributed by atoms with Gasteiger partial charge in [0.05, 0.1) is 0 Å². The van der Waals surface area contributed by atoms with Gasteiger partial charge in [0.1, 0.15) is 0 Å². The topological polar surface area (TPSA) is 32.3 Å². The molecule has 13 heavy (non-hydrogen) atoms. The Morgan fingerprint density at radius 3 is 2.31 bits per heavy atom. The minimum Gasteiger partial charge on any atom is -0.396 e. The van der Waals surface area contributed by atoms with Crippen molar-refractivity contribution in [1.29, 1.82) is 0 Å². The number of hydrogen-bond donors (Lipinski definition) is 2. The van der Waals surface area contributed by atoms with E-state index in [0.29, 0.717) is 18.7 Å². The second-order valence-corrected chi connectivity index (χ2v) is 4.11. The largest absolute Gasteiger partial charge is 0.396 e. The first-order valence-electron chi connectivity index (χ1n) is 5.48. The van der Waals surface area contributed by atoms with Gasteiger partial charge in [0.2, 0.25) is 0 Å². The van der Waals surface area contributed by atoms with E-state index in [0.717, 1.165) is 18.8 Å². The van der Waals surface area contributed by atoms with E-state index in [-0.39, 0.29) is 0 Å². The Bertz CT molecular complexity index is 117. The molecule has 3 atom stereocenters. The lowest BCUT2D eigenvalue weighted by Crippen LogP contribution is -2.38. The van der Waals surface area contributed by atoms with Crippen molar-refractivity contribution in [3.8, 4) is 0 Å². The lowest BCUT2D eigenvalue weighted by Gasteiger charge is -2.24. The highest BCUT2D eigenvalue weighted by atomic mass is 16.2. The van der Waals surface area contributed by atoms with Crippen LogP contribution >= 0.6 is 0 Å². The minimum absolute atomic E-state index is 0.309. The fourth-order valence-corrected chi connectivity index (χ4v) is 1.45. The van der Waals surface area contributed by atoms with Crippen LogP contribution in [-0.4, -0.2) is 23.8 Å². The Balaban J connectivity index is 3.57. The Morgan fingerprint density at radius 1 is 1.23 bits per heavy atom. The summed E-state index contributed by atoms with van der Waals surface area (Å²) >= 11 is 0. The molecule has 0 aliphatic rings. The molecular formula is C11H25NO. The predicted octanol–water partition coefficient (Wildman–Crippen LogP) is 2.17. The maximum absolute atomic E-state index is 8.68. The van der Waals surface area contributed by atoms with Gasteiger partial charge in [-0.05, 0) is 32.6 Å². The van der Waals surface area contributed by atoms with Gasteiger partial charge in [0.25, 0.3) is 0 Å². The summed E-state index contributed by atoms with van der Waals surface area (Å²) in [4.78, 5) is 0. The van der Waals surface area contributed by atoms with E-state index in [1.54, 1.807) is 0 Å². The number of aliphatic hydroxyl groups is 1. The van der Waals surface area contributed by atoms with E-state index in [9.17, 15) is 0 Å². The van der Waals surface area contributed by atoms with Crippen LogP contribution in [0.4, 0.5) is 0 Å². The molecule has 0 aromatic carbocycles. The molecule has 2 N–H and O–H groups in total. The molecule has 0 aliphatic heterocycles. The number of nitrogens with one attached hydrogen (secondary N) is 1. The molecule has 80 valence electrons. The summed E-state index contributed by atoms with van der Waals surface area (Å²) in [5.41, 5.74) is 0. The third-order valence-corrected chi connectivity index (χ3v) is 2.84. The average Bonchev–Trinajstić information content (AvgIpc) is 2.13. The third-order valence-electron chi connectivity index (χ3n) is 2.84. The molecule has 0 spiro atoms. The second kappa shape index (κ2) is 7.34. The molecule has 0 aromatic rings. The molecule has 0 radical (unpaired) electrons. The quantitative estimate of drug-likeness (QED) is 0.640. The van der Waals surface area contributed by atoms with Gasteiger partial charge in [-0.3, -0.25) is 0 Å². The zero-order chi connectivity index (χ0) is 10.3. The first-order chi connectivity index (χ1) is 6.11. The first-order valence-corrected chi connectivity index (χ1v) is 5.48. The average molecular weight is 187 g/mol. The molecule has 2 heteroatoms. The molecule has 0 aromatic heterocycles. The molecule has 0 rings (SSSR count). The van der Waals surface area contributed by atoms with Crippen molar-refractivity contribution in [3.05, 3.63) is 0 Å². The van der Waals surface area contributed by atoms with Gasteiger partial charge in [0, 0.05) is 18.7 Å². The molecule has 0 aliphatic carbocycles. The van der Waals surface area contributed by atoms with Gasteiger partial charge in [0.15, 0.2) is 0 Å². The van der Waals surface area contributed by atoms with Crippen molar-refractivity contribution in [1.82, 2.24) is 5.32 Å². The fraction of sp³-hybridized carbons (Fsp3) is 1.00. The van der Waals surface area contributed by atoms with Crippen LogP contribution in [-0.2, 0) is 0 Å². The van der Waals surface area contributed by atoms with Crippen molar-refractivity contribution in [2.75, 3.05) is 6.61 Å². The Labute approximate surface area is 82.7 Å². The van der Waals surface area contributed by atoms with Crippen LogP contribution in [0.1, 0.15) is 47.0 Å². The Hall–Kier alpha value is -0.0800. The van der Waals surface area contributed by atoms with Gasteiger partial charge in [-0.15, -0.1) is 0 Å². The normalized spacial score (nSPS) is 18.2. The van der Waals surface area contributed by atoms with E-state index >= 15 is 0 Å². The van der Waals surface area contributed by atoms with Crippen LogP contribution in [0.2, 0.25) is 0 Å². The van der Waals surface area contributed by atoms with Crippen molar-refractivity contribution in [2.45, 2.75) is 59.0 Å². The Morgan fingerprint density at radius 2 is 1.85 bits per heavy atom.